The van der Waals surface area contributed by atoms with Gasteiger partial charge in [0.1, 0.15) is 0 Å². The van der Waals surface area contributed by atoms with E-state index in [1.54, 1.807) is 70.6 Å². The fourth-order valence-electron chi connectivity index (χ4n) is 15.0. The highest BCUT2D eigenvalue weighted by Gasteiger charge is 2.80. The molecule has 0 bridgehead atoms. The number of unbranched alkanes of at least 4 members (excludes halogenated alkanes) is 1. The Morgan fingerprint density at radius 3 is 2.34 bits per heavy atom. The number of piperidine rings is 1. The second kappa shape index (κ2) is 10.8. The average molecular weight is 564 g/mol. The molecule has 7 rings (SSSR count). The Kier molecular flexibility index (Phi) is 7.81. The van der Waals surface area contributed by atoms with Crippen molar-refractivity contribution >= 4 is 0 Å². The molecule has 7 aliphatic rings. The lowest BCUT2D eigenvalue weighted by Crippen LogP contribution is -2.53. The van der Waals surface area contributed by atoms with Crippen LogP contribution in [0, 0.1) is 69.0 Å². The Labute approximate surface area is 256 Å². The quantitative estimate of drug-likeness (QED) is 0.284. The molecule has 0 N–H and O–H groups in total. The summed E-state index contributed by atoms with van der Waals surface area (Å²) in [5.74, 6) is 8.37. The monoisotopic (exact) mass is 564 g/mol. The van der Waals surface area contributed by atoms with Gasteiger partial charge in [0.2, 0.25) is 0 Å². The van der Waals surface area contributed by atoms with Crippen LogP contribution in [0.4, 0.5) is 0 Å². The molecule has 6 aliphatic carbocycles. The minimum atomic E-state index is 0.556. The van der Waals surface area contributed by atoms with E-state index in [1.165, 1.54) is 64.5 Å². The summed E-state index contributed by atoms with van der Waals surface area (Å²) in [6.07, 6.45) is 29.2. The van der Waals surface area contributed by atoms with Crippen LogP contribution >= 0.6 is 0 Å². The molecular formula is C40H69N. The van der Waals surface area contributed by atoms with Crippen molar-refractivity contribution in [2.75, 3.05) is 13.1 Å². The summed E-state index contributed by atoms with van der Waals surface area (Å²) in [6.45, 7) is 18.4. The van der Waals surface area contributed by atoms with Gasteiger partial charge in [-0.15, -0.1) is 0 Å². The normalized spacial score (nSPS) is 50.4. The zero-order valence-electron chi connectivity index (χ0n) is 28.5. The minimum absolute atomic E-state index is 0.556. The average Bonchev–Trinajstić information content (AvgIpc) is 3.54. The molecule has 1 saturated heterocycles. The Morgan fingerprint density at radius 1 is 0.756 bits per heavy atom. The van der Waals surface area contributed by atoms with Crippen molar-refractivity contribution < 1.29 is 0 Å². The molecule has 0 aromatic rings. The van der Waals surface area contributed by atoms with Gasteiger partial charge < -0.3 is 4.90 Å². The Hall–Kier alpha value is -0.0400. The van der Waals surface area contributed by atoms with Crippen LogP contribution in [0.25, 0.3) is 0 Å². The first-order valence-corrected chi connectivity index (χ1v) is 19.5. The van der Waals surface area contributed by atoms with E-state index in [4.69, 9.17) is 0 Å². The van der Waals surface area contributed by atoms with E-state index in [-0.39, 0.29) is 0 Å². The predicted octanol–water partition coefficient (Wildman–Crippen LogP) is 11.2. The molecule has 1 nitrogen and oxygen atoms in total. The van der Waals surface area contributed by atoms with Crippen LogP contribution in [0.3, 0.4) is 0 Å². The second-order valence-electron chi connectivity index (χ2n) is 18.5. The highest BCUT2D eigenvalue weighted by Crippen LogP contribution is 2.87. The third kappa shape index (κ3) is 4.43. The molecule has 2 spiro atoms. The fourth-order valence-corrected chi connectivity index (χ4v) is 15.0. The summed E-state index contributed by atoms with van der Waals surface area (Å²) >= 11 is 0. The highest BCUT2D eigenvalue weighted by molar-refractivity contribution is 5.28. The number of hydrogen-bond donors (Lipinski definition) is 0. The number of nitrogens with zero attached hydrogens (tertiary/aromatic N) is 1. The second-order valence-corrected chi connectivity index (χ2v) is 18.5. The maximum Gasteiger partial charge on any atom is 0.00901 e. The van der Waals surface area contributed by atoms with E-state index >= 15 is 0 Å². The number of hydrogen-bond acceptors (Lipinski definition) is 1. The summed E-state index contributed by atoms with van der Waals surface area (Å²) < 4.78 is 0. The summed E-state index contributed by atoms with van der Waals surface area (Å²) in [5, 5.41) is 0. The van der Waals surface area contributed by atoms with Crippen molar-refractivity contribution in [3.05, 3.63) is 0 Å². The van der Waals surface area contributed by atoms with Crippen LogP contribution < -0.4 is 0 Å². The van der Waals surface area contributed by atoms with Gasteiger partial charge in [0.05, 0.1) is 0 Å². The SMILES string of the molecule is CCCCC1CCC2C(C1)CC1C3CCC4C(C)(C)C(CC5CCCN(C(CC)CC)C5)CCC45CC35CCC21C. The van der Waals surface area contributed by atoms with Crippen molar-refractivity contribution in [3.8, 4) is 0 Å². The molecule has 1 heteroatoms. The minimum Gasteiger partial charge on any atom is -0.300 e. The first kappa shape index (κ1) is 29.7. The van der Waals surface area contributed by atoms with Gasteiger partial charge in [0.15, 0.2) is 0 Å². The zero-order chi connectivity index (χ0) is 28.6. The maximum absolute atomic E-state index is 2.90. The Balaban J connectivity index is 1.04. The summed E-state index contributed by atoms with van der Waals surface area (Å²) in [7, 11) is 0. The van der Waals surface area contributed by atoms with Crippen LogP contribution in [0.15, 0.2) is 0 Å². The van der Waals surface area contributed by atoms with E-state index in [0.717, 1.165) is 64.2 Å². The molecule has 0 radical (unpaired) electrons. The van der Waals surface area contributed by atoms with Crippen molar-refractivity contribution in [2.24, 2.45) is 69.0 Å². The third-order valence-corrected chi connectivity index (χ3v) is 17.1. The van der Waals surface area contributed by atoms with E-state index in [1.807, 2.05) is 0 Å². The maximum atomic E-state index is 2.90. The number of fused-ring (bicyclic) bond motifs is 4. The topological polar surface area (TPSA) is 3.24 Å². The van der Waals surface area contributed by atoms with Gasteiger partial charge >= 0.3 is 0 Å². The van der Waals surface area contributed by atoms with Crippen LogP contribution in [-0.4, -0.2) is 24.0 Å². The standard InChI is InChI=1S/C40H69N/c1-7-10-12-28-14-15-33-30(23-28)25-35-34-16-17-36-37(4,5)31(24-29-13-11-22-41(26-29)32(8-2)9-3)18-19-40(36)27-39(34,40)21-20-38(33,35)6/h28-36H,7-27H2,1-6H3. The largest absolute Gasteiger partial charge is 0.300 e. The first-order chi connectivity index (χ1) is 19.7. The van der Waals surface area contributed by atoms with Crippen LogP contribution in [-0.2, 0) is 0 Å². The fraction of sp³-hybridized carbons (Fsp3) is 1.00. The molecule has 11 atom stereocenters. The highest BCUT2D eigenvalue weighted by atomic mass is 15.2. The first-order valence-electron chi connectivity index (χ1n) is 19.5. The molecule has 0 aromatic heterocycles. The molecule has 41 heavy (non-hydrogen) atoms. The van der Waals surface area contributed by atoms with E-state index in [0.29, 0.717) is 10.8 Å². The predicted molar refractivity (Wildman–Crippen MR) is 175 cm³/mol. The van der Waals surface area contributed by atoms with Crippen molar-refractivity contribution in [1.82, 2.24) is 4.90 Å². The van der Waals surface area contributed by atoms with Gasteiger partial charge in [-0.3, -0.25) is 0 Å². The van der Waals surface area contributed by atoms with Crippen molar-refractivity contribution in [1.29, 1.82) is 0 Å². The number of likely N-dealkylation sites (tertiary alicyclic amines) is 1. The van der Waals surface area contributed by atoms with Crippen molar-refractivity contribution in [3.63, 3.8) is 0 Å². The molecular weight excluding hydrogens is 494 g/mol. The molecule has 7 fully saturated rings. The van der Waals surface area contributed by atoms with E-state index in [2.05, 4.69) is 46.4 Å². The van der Waals surface area contributed by atoms with Gasteiger partial charge in [-0.2, -0.15) is 0 Å². The van der Waals surface area contributed by atoms with Crippen LogP contribution in [0.5, 0.6) is 0 Å². The lowest BCUT2D eigenvalue weighted by atomic mass is 9.44. The van der Waals surface area contributed by atoms with E-state index in [9.17, 15) is 0 Å². The lowest BCUT2D eigenvalue weighted by Gasteiger charge is -2.60. The summed E-state index contributed by atoms with van der Waals surface area (Å²) in [5.41, 5.74) is 2.78. The Bertz CT molecular complexity index is 933. The zero-order valence-corrected chi connectivity index (χ0v) is 28.5. The number of rotatable bonds is 8. The van der Waals surface area contributed by atoms with Gasteiger partial charge in [-0.25, -0.2) is 0 Å². The molecule has 1 aliphatic heterocycles. The van der Waals surface area contributed by atoms with Crippen LogP contribution in [0.2, 0.25) is 0 Å². The molecule has 6 saturated carbocycles. The van der Waals surface area contributed by atoms with Gasteiger partial charge in [-0.1, -0.05) is 67.2 Å². The van der Waals surface area contributed by atoms with Gasteiger partial charge in [0, 0.05) is 12.6 Å². The molecule has 11 unspecified atom stereocenters. The summed E-state index contributed by atoms with van der Waals surface area (Å²) in [4.78, 5) is 2.90. The smallest absolute Gasteiger partial charge is 0.00901 e. The third-order valence-electron chi connectivity index (χ3n) is 17.1. The Morgan fingerprint density at radius 2 is 1.56 bits per heavy atom. The molecule has 0 aromatic carbocycles. The van der Waals surface area contributed by atoms with Crippen molar-refractivity contribution in [2.45, 2.75) is 170 Å². The van der Waals surface area contributed by atoms with Gasteiger partial charge in [0.25, 0.3) is 0 Å². The van der Waals surface area contributed by atoms with Crippen LogP contribution in [0.1, 0.15) is 164 Å². The molecule has 0 amide bonds. The molecule has 1 heterocycles. The summed E-state index contributed by atoms with van der Waals surface area (Å²) in [6, 6.07) is 0.834. The van der Waals surface area contributed by atoms with Gasteiger partial charge in [-0.05, 0) is 172 Å². The van der Waals surface area contributed by atoms with E-state index < -0.39 is 0 Å². The molecule has 234 valence electrons. The lowest BCUT2D eigenvalue weighted by molar-refractivity contribution is -0.115.